The predicted octanol–water partition coefficient (Wildman–Crippen LogP) is 4.68. The number of amides is 1. The van der Waals surface area contributed by atoms with E-state index >= 15 is 0 Å². The molecule has 2 aromatic carbocycles. The molecule has 1 atom stereocenters. The molecule has 2 aliphatic heterocycles. The molecule has 0 spiro atoms. The number of nitrogens with zero attached hydrogens (tertiary/aromatic N) is 1. The minimum absolute atomic E-state index is 0.0741. The molecule has 0 aromatic heterocycles. The average molecular weight is 448 g/mol. The number of halogens is 2. The summed E-state index contributed by atoms with van der Waals surface area (Å²) in [6, 6.07) is 12.1. The quantitative estimate of drug-likeness (QED) is 0.604. The summed E-state index contributed by atoms with van der Waals surface area (Å²) in [6.45, 7) is 4.47. The topological polar surface area (TPSA) is 53.6 Å². The zero-order valence-electron chi connectivity index (χ0n) is 16.9. The molecule has 2 aliphatic rings. The first-order valence-corrected chi connectivity index (χ1v) is 11.3. The van der Waals surface area contributed by atoms with Gasteiger partial charge in [-0.25, -0.2) is 0 Å². The van der Waals surface area contributed by atoms with Gasteiger partial charge in [0.15, 0.2) is 0 Å². The van der Waals surface area contributed by atoms with Gasteiger partial charge in [0.05, 0.1) is 16.7 Å². The molecular formula is C23H27Cl2N3O2. The number of anilines is 1. The number of carbonyl (C=O) groups excluding carboxylic acids is 1. The van der Waals surface area contributed by atoms with E-state index in [4.69, 9.17) is 27.9 Å². The first kappa shape index (κ1) is 21.4. The van der Waals surface area contributed by atoms with Crippen LogP contribution in [0.4, 0.5) is 5.69 Å². The van der Waals surface area contributed by atoms with Gasteiger partial charge in [0.2, 0.25) is 5.91 Å². The highest BCUT2D eigenvalue weighted by atomic mass is 35.5. The largest absolute Gasteiger partial charge is 0.494 e. The Morgan fingerprint density at radius 1 is 1.13 bits per heavy atom. The maximum absolute atomic E-state index is 11.6. The van der Waals surface area contributed by atoms with Crippen molar-refractivity contribution in [3.63, 3.8) is 0 Å². The monoisotopic (exact) mass is 447 g/mol. The van der Waals surface area contributed by atoms with E-state index in [2.05, 4.69) is 21.6 Å². The maximum atomic E-state index is 11.6. The second-order valence-electron chi connectivity index (χ2n) is 7.82. The molecular weight excluding hydrogens is 421 g/mol. The van der Waals surface area contributed by atoms with E-state index in [1.807, 2.05) is 30.3 Å². The van der Waals surface area contributed by atoms with Gasteiger partial charge in [0.1, 0.15) is 5.75 Å². The Morgan fingerprint density at radius 2 is 2.03 bits per heavy atom. The molecule has 2 aromatic rings. The molecule has 1 fully saturated rings. The molecule has 0 radical (unpaired) electrons. The molecule has 0 aliphatic carbocycles. The molecule has 0 bridgehead atoms. The molecule has 5 nitrogen and oxygen atoms in total. The third-order valence-corrected chi connectivity index (χ3v) is 6.61. The van der Waals surface area contributed by atoms with Crippen molar-refractivity contribution < 1.29 is 9.53 Å². The molecule has 2 heterocycles. The normalized spacial score (nSPS) is 19.3. The van der Waals surface area contributed by atoms with Crippen molar-refractivity contribution in [3.8, 4) is 5.75 Å². The molecule has 0 saturated carbocycles. The summed E-state index contributed by atoms with van der Waals surface area (Å²) >= 11 is 12.7. The third-order valence-electron chi connectivity index (χ3n) is 5.78. The highest BCUT2D eigenvalue weighted by molar-refractivity contribution is 6.42. The number of ether oxygens (including phenoxy) is 1. The Labute approximate surface area is 187 Å². The van der Waals surface area contributed by atoms with Crippen LogP contribution in [0.2, 0.25) is 10.0 Å². The molecule has 2 N–H and O–H groups in total. The Hall–Kier alpha value is -1.79. The van der Waals surface area contributed by atoms with Crippen LogP contribution in [0.5, 0.6) is 5.75 Å². The fourth-order valence-electron chi connectivity index (χ4n) is 4.15. The molecule has 1 amide bonds. The van der Waals surface area contributed by atoms with Crippen molar-refractivity contribution in [2.75, 3.05) is 38.1 Å². The van der Waals surface area contributed by atoms with Crippen molar-refractivity contribution in [2.24, 2.45) is 0 Å². The van der Waals surface area contributed by atoms with Gasteiger partial charge in [0, 0.05) is 43.9 Å². The Balaban J connectivity index is 1.27. The van der Waals surface area contributed by atoms with Crippen molar-refractivity contribution in [1.82, 2.24) is 10.2 Å². The lowest BCUT2D eigenvalue weighted by molar-refractivity contribution is -0.116. The Bertz CT molecular complexity index is 906. The Morgan fingerprint density at radius 3 is 2.93 bits per heavy atom. The number of nitrogens with one attached hydrogen (secondary N) is 2. The summed E-state index contributed by atoms with van der Waals surface area (Å²) in [7, 11) is 0. The number of hydrogen-bond acceptors (Lipinski definition) is 4. The van der Waals surface area contributed by atoms with Gasteiger partial charge in [0.25, 0.3) is 0 Å². The molecule has 30 heavy (non-hydrogen) atoms. The summed E-state index contributed by atoms with van der Waals surface area (Å²) in [6.07, 6.45) is 3.35. The SMILES string of the molecule is O=C1CCc2ccc(OCCCCN3CCNCC3c3cccc(Cl)c3Cl)cc2N1. The molecule has 1 unspecified atom stereocenters. The fourth-order valence-corrected chi connectivity index (χ4v) is 4.58. The zero-order chi connectivity index (χ0) is 20.9. The Kier molecular flexibility index (Phi) is 7.16. The lowest BCUT2D eigenvalue weighted by Gasteiger charge is -2.37. The number of fused-ring (bicyclic) bond motifs is 1. The van der Waals surface area contributed by atoms with E-state index in [1.165, 1.54) is 5.56 Å². The van der Waals surface area contributed by atoms with Crippen LogP contribution >= 0.6 is 23.2 Å². The third kappa shape index (κ3) is 5.09. The van der Waals surface area contributed by atoms with Gasteiger partial charge in [-0.3, -0.25) is 9.69 Å². The number of piperazine rings is 1. The van der Waals surface area contributed by atoms with Crippen LogP contribution in [0.15, 0.2) is 36.4 Å². The summed E-state index contributed by atoms with van der Waals surface area (Å²) in [5.74, 6) is 0.881. The fraction of sp³-hybridized carbons (Fsp3) is 0.435. The number of benzene rings is 2. The second-order valence-corrected chi connectivity index (χ2v) is 8.61. The van der Waals surface area contributed by atoms with E-state index in [0.29, 0.717) is 23.1 Å². The first-order valence-electron chi connectivity index (χ1n) is 10.6. The zero-order valence-corrected chi connectivity index (χ0v) is 18.4. The van der Waals surface area contributed by atoms with Crippen molar-refractivity contribution in [3.05, 3.63) is 57.6 Å². The summed E-state index contributed by atoms with van der Waals surface area (Å²) in [4.78, 5) is 14.1. The van der Waals surface area contributed by atoms with Gasteiger partial charge in [-0.15, -0.1) is 0 Å². The van der Waals surface area contributed by atoms with Crippen LogP contribution in [0, 0.1) is 0 Å². The van der Waals surface area contributed by atoms with E-state index < -0.39 is 0 Å². The van der Waals surface area contributed by atoms with E-state index in [1.54, 1.807) is 0 Å². The lowest BCUT2D eigenvalue weighted by Crippen LogP contribution is -2.46. The number of aryl methyl sites for hydroxylation is 1. The predicted molar refractivity (Wildman–Crippen MR) is 122 cm³/mol. The highest BCUT2D eigenvalue weighted by Gasteiger charge is 2.25. The minimum Gasteiger partial charge on any atom is -0.494 e. The first-order chi connectivity index (χ1) is 14.6. The van der Waals surface area contributed by atoms with Gasteiger partial charge < -0.3 is 15.4 Å². The second kappa shape index (κ2) is 10.0. The highest BCUT2D eigenvalue weighted by Crippen LogP contribution is 2.33. The number of carbonyl (C=O) groups is 1. The number of unbranched alkanes of at least 4 members (excludes halogenated alkanes) is 1. The maximum Gasteiger partial charge on any atom is 0.224 e. The number of hydrogen-bond donors (Lipinski definition) is 2. The van der Waals surface area contributed by atoms with Crippen molar-refractivity contribution in [2.45, 2.75) is 31.7 Å². The average Bonchev–Trinajstić information content (AvgIpc) is 2.75. The smallest absolute Gasteiger partial charge is 0.224 e. The van der Waals surface area contributed by atoms with Crippen LogP contribution in [-0.4, -0.2) is 43.6 Å². The van der Waals surface area contributed by atoms with Gasteiger partial charge in [-0.2, -0.15) is 0 Å². The van der Waals surface area contributed by atoms with E-state index in [0.717, 1.165) is 62.4 Å². The van der Waals surface area contributed by atoms with Gasteiger partial charge in [-0.05, 0) is 49.1 Å². The van der Waals surface area contributed by atoms with Crippen LogP contribution in [0.3, 0.4) is 0 Å². The van der Waals surface area contributed by atoms with Crippen molar-refractivity contribution in [1.29, 1.82) is 0 Å². The number of rotatable bonds is 7. The molecule has 7 heteroatoms. The van der Waals surface area contributed by atoms with Crippen LogP contribution in [0.1, 0.15) is 36.4 Å². The summed E-state index contributed by atoms with van der Waals surface area (Å²) < 4.78 is 5.92. The van der Waals surface area contributed by atoms with Gasteiger partial charge in [-0.1, -0.05) is 41.4 Å². The van der Waals surface area contributed by atoms with Crippen LogP contribution in [-0.2, 0) is 11.2 Å². The molecule has 4 rings (SSSR count). The van der Waals surface area contributed by atoms with Crippen LogP contribution < -0.4 is 15.4 Å². The molecule has 1 saturated heterocycles. The molecule has 160 valence electrons. The summed E-state index contributed by atoms with van der Waals surface area (Å²) in [5.41, 5.74) is 3.14. The van der Waals surface area contributed by atoms with E-state index in [-0.39, 0.29) is 11.9 Å². The van der Waals surface area contributed by atoms with Crippen LogP contribution in [0.25, 0.3) is 0 Å². The van der Waals surface area contributed by atoms with Crippen molar-refractivity contribution >= 4 is 34.8 Å². The minimum atomic E-state index is 0.0741. The lowest BCUT2D eigenvalue weighted by atomic mass is 10.0. The summed E-state index contributed by atoms with van der Waals surface area (Å²) in [5, 5.41) is 7.64. The standard InChI is InChI=1S/C23H27Cl2N3O2/c24-19-5-3-4-18(23(19)25)21-15-26-10-12-28(21)11-1-2-13-30-17-8-6-16-7-9-22(29)27-20(16)14-17/h3-6,8,14,21,26H,1-2,7,9-13,15H2,(H,27,29). The van der Waals surface area contributed by atoms with Gasteiger partial charge >= 0.3 is 0 Å². The van der Waals surface area contributed by atoms with E-state index in [9.17, 15) is 4.79 Å².